The van der Waals surface area contributed by atoms with Crippen LogP contribution in [-0.4, -0.2) is 36.6 Å². The molecule has 0 bridgehead atoms. The van der Waals surface area contributed by atoms with Crippen LogP contribution < -0.4 is 14.4 Å². The molecular weight excluding hydrogens is 613 g/mol. The summed E-state index contributed by atoms with van der Waals surface area (Å²) in [6.07, 6.45) is 9.51. The summed E-state index contributed by atoms with van der Waals surface area (Å²) in [6.45, 7) is 17.1. The van der Waals surface area contributed by atoms with Crippen molar-refractivity contribution in [3.63, 3.8) is 0 Å². The van der Waals surface area contributed by atoms with Crippen LogP contribution in [0.15, 0.2) is 144 Å². The van der Waals surface area contributed by atoms with Gasteiger partial charge in [0.25, 0.3) is 0 Å². The lowest BCUT2D eigenvalue weighted by molar-refractivity contribution is -0.439. The van der Waals surface area contributed by atoms with Gasteiger partial charge in [0.2, 0.25) is 5.69 Å². The molecule has 0 aromatic heterocycles. The van der Waals surface area contributed by atoms with Crippen molar-refractivity contribution < 1.29 is 14.0 Å². The van der Waals surface area contributed by atoms with E-state index < -0.39 is 0 Å². The van der Waals surface area contributed by atoms with E-state index in [0.29, 0.717) is 13.2 Å². The molecule has 0 unspecified atom stereocenters. The number of para-hydroxylation sites is 4. The van der Waals surface area contributed by atoms with Gasteiger partial charge in [-0.2, -0.15) is 4.58 Å². The fourth-order valence-corrected chi connectivity index (χ4v) is 8.27. The van der Waals surface area contributed by atoms with E-state index in [9.17, 15) is 0 Å². The molecule has 0 saturated carbocycles. The molecule has 0 fully saturated rings. The normalized spacial score (nSPS) is 20.1. The van der Waals surface area contributed by atoms with Crippen LogP contribution in [0.4, 0.5) is 11.4 Å². The molecule has 4 aromatic rings. The highest BCUT2D eigenvalue weighted by Crippen LogP contribution is 2.49. The smallest absolute Gasteiger partial charge is 0.209 e. The molecule has 0 atom stereocenters. The maximum Gasteiger partial charge on any atom is 0.209 e. The van der Waals surface area contributed by atoms with Gasteiger partial charge in [-0.15, -0.1) is 0 Å². The first-order valence-corrected chi connectivity index (χ1v) is 18.1. The maximum atomic E-state index is 6.21. The number of benzene rings is 4. The molecule has 2 heterocycles. The molecule has 256 valence electrons. The van der Waals surface area contributed by atoms with Gasteiger partial charge in [-0.25, -0.2) is 0 Å². The molecule has 7 rings (SSSR count). The number of nitrogens with zero attached hydrogens (tertiary/aromatic N) is 2. The highest BCUT2D eigenvalue weighted by molar-refractivity contribution is 6.03. The van der Waals surface area contributed by atoms with Crippen LogP contribution in [0.5, 0.6) is 11.5 Å². The van der Waals surface area contributed by atoms with Crippen molar-refractivity contribution in [1.29, 1.82) is 0 Å². The summed E-state index contributed by atoms with van der Waals surface area (Å²) in [5.41, 5.74) is 10.6. The lowest BCUT2D eigenvalue weighted by atomic mass is 9.73. The Labute approximate surface area is 299 Å². The van der Waals surface area contributed by atoms with E-state index in [4.69, 9.17) is 9.47 Å². The van der Waals surface area contributed by atoms with Crippen molar-refractivity contribution in [2.45, 2.75) is 65.2 Å². The summed E-state index contributed by atoms with van der Waals surface area (Å²) in [7, 11) is 0. The summed E-state index contributed by atoms with van der Waals surface area (Å²) in [5.74, 6) is 1.82. The van der Waals surface area contributed by atoms with Crippen LogP contribution in [0, 0.1) is 5.41 Å². The average Bonchev–Trinajstić information content (AvgIpc) is 3.44. The fourth-order valence-electron chi connectivity index (χ4n) is 8.27. The topological polar surface area (TPSA) is 24.7 Å². The second-order valence-electron chi connectivity index (χ2n) is 15.8. The molecule has 0 saturated heterocycles. The Bertz CT molecular complexity index is 1980. The van der Waals surface area contributed by atoms with Crippen LogP contribution in [0.2, 0.25) is 0 Å². The molecule has 1 aliphatic carbocycles. The first-order chi connectivity index (χ1) is 24.0. The third-order valence-electron chi connectivity index (χ3n) is 10.6. The minimum absolute atomic E-state index is 0.126. The summed E-state index contributed by atoms with van der Waals surface area (Å²) < 4.78 is 14.9. The summed E-state index contributed by atoms with van der Waals surface area (Å²) in [4.78, 5) is 2.49. The fraction of sp³-hybridized carbons (Fsp3) is 0.326. The first kappa shape index (κ1) is 33.7. The minimum Gasteiger partial charge on any atom is -0.492 e. The number of ether oxygens (including phenoxy) is 2. The molecule has 4 aromatic carbocycles. The Morgan fingerprint density at radius 1 is 0.640 bits per heavy atom. The predicted octanol–water partition coefficient (Wildman–Crippen LogP) is 10.6. The number of hydrogen-bond acceptors (Lipinski definition) is 3. The van der Waals surface area contributed by atoms with Gasteiger partial charge >= 0.3 is 0 Å². The highest BCUT2D eigenvalue weighted by Gasteiger charge is 2.45. The lowest BCUT2D eigenvalue weighted by Crippen LogP contribution is -2.31. The number of anilines is 1. The minimum atomic E-state index is -0.130. The summed E-state index contributed by atoms with van der Waals surface area (Å²) in [5, 5.41) is 0. The Balaban J connectivity index is 1.24. The van der Waals surface area contributed by atoms with Gasteiger partial charge in [-0.3, -0.25) is 0 Å². The Kier molecular flexibility index (Phi) is 9.07. The zero-order chi connectivity index (χ0) is 34.9. The van der Waals surface area contributed by atoms with Gasteiger partial charge in [-0.1, -0.05) is 107 Å². The first-order valence-electron chi connectivity index (χ1n) is 18.1. The number of rotatable bonds is 10. The largest absolute Gasteiger partial charge is 0.492 e. The third-order valence-corrected chi connectivity index (χ3v) is 10.6. The quantitative estimate of drug-likeness (QED) is 0.158. The zero-order valence-electron chi connectivity index (χ0n) is 30.6. The van der Waals surface area contributed by atoms with Crippen LogP contribution in [0.1, 0.15) is 65.5 Å². The van der Waals surface area contributed by atoms with E-state index in [-0.39, 0.29) is 16.2 Å². The van der Waals surface area contributed by atoms with E-state index in [1.165, 1.54) is 45.1 Å². The van der Waals surface area contributed by atoms with Crippen LogP contribution in [0.25, 0.3) is 0 Å². The summed E-state index contributed by atoms with van der Waals surface area (Å²) >= 11 is 0. The molecule has 3 aliphatic rings. The standard InChI is InChI=1S/C46H51N2O2/c1-44(2)32-34(30-42-45(3,4)38-21-13-15-23-40(38)47(42)25-27-49-36-17-9-7-10-18-36)29-35(33-44)31-43-46(5,6)39-22-14-16-24-41(39)48(43)26-28-50-37-19-11-8-12-20-37/h7-24,29-31H,25-28,32-33H2,1-6H3/q+1. The van der Waals surface area contributed by atoms with Gasteiger partial charge in [0.1, 0.15) is 24.7 Å². The highest BCUT2D eigenvalue weighted by atomic mass is 16.5. The second kappa shape index (κ2) is 13.5. The SMILES string of the molecule is CC1(C)CC(/C=C2/N(CCOc3ccccc3)c3ccccc3C2(C)C)=CC(=C/C2=[N+](CCOc3ccccc3)c3ccccc3C2(C)C)/C1. The van der Waals surface area contributed by atoms with E-state index in [1.807, 2.05) is 60.7 Å². The molecular formula is C46H51N2O2+. The number of allylic oxidation sites excluding steroid dienone is 6. The van der Waals surface area contributed by atoms with E-state index >= 15 is 0 Å². The summed E-state index contributed by atoms with van der Waals surface area (Å²) in [6, 6.07) is 38.0. The average molecular weight is 664 g/mol. The number of hydrogen-bond donors (Lipinski definition) is 0. The van der Waals surface area contributed by atoms with Crippen LogP contribution in [-0.2, 0) is 10.8 Å². The monoisotopic (exact) mass is 663 g/mol. The molecule has 0 amide bonds. The zero-order valence-corrected chi connectivity index (χ0v) is 30.6. The van der Waals surface area contributed by atoms with E-state index in [2.05, 4.69) is 118 Å². The van der Waals surface area contributed by atoms with Gasteiger partial charge in [0.05, 0.1) is 12.0 Å². The van der Waals surface area contributed by atoms with Crippen molar-refractivity contribution in [2.24, 2.45) is 5.41 Å². The maximum absolute atomic E-state index is 6.21. The van der Waals surface area contributed by atoms with Crippen molar-refractivity contribution in [2.75, 3.05) is 31.2 Å². The van der Waals surface area contributed by atoms with Gasteiger partial charge in [-0.05, 0) is 85.2 Å². The van der Waals surface area contributed by atoms with Gasteiger partial charge < -0.3 is 14.4 Å². The van der Waals surface area contributed by atoms with E-state index in [0.717, 1.165) is 37.4 Å². The van der Waals surface area contributed by atoms with Crippen molar-refractivity contribution in [3.8, 4) is 11.5 Å². The Hall–Kier alpha value is -4.83. The van der Waals surface area contributed by atoms with Crippen molar-refractivity contribution in [3.05, 3.63) is 155 Å². The van der Waals surface area contributed by atoms with Gasteiger partial charge in [0, 0.05) is 34.5 Å². The molecule has 4 heteroatoms. The van der Waals surface area contributed by atoms with Crippen LogP contribution >= 0.6 is 0 Å². The molecule has 0 radical (unpaired) electrons. The number of fused-ring (bicyclic) bond motifs is 2. The second-order valence-corrected chi connectivity index (χ2v) is 15.8. The lowest BCUT2D eigenvalue weighted by Gasteiger charge is -2.33. The molecule has 2 aliphatic heterocycles. The molecule has 0 N–H and O–H groups in total. The Morgan fingerprint density at radius 2 is 1.24 bits per heavy atom. The predicted molar refractivity (Wildman–Crippen MR) is 207 cm³/mol. The van der Waals surface area contributed by atoms with Gasteiger partial charge in [0.15, 0.2) is 12.3 Å². The Morgan fingerprint density at radius 3 is 1.94 bits per heavy atom. The van der Waals surface area contributed by atoms with Crippen molar-refractivity contribution in [1.82, 2.24) is 0 Å². The molecule has 0 spiro atoms. The third kappa shape index (κ3) is 6.68. The van der Waals surface area contributed by atoms with Crippen molar-refractivity contribution >= 4 is 17.1 Å². The van der Waals surface area contributed by atoms with E-state index in [1.54, 1.807) is 0 Å². The van der Waals surface area contributed by atoms with Crippen LogP contribution in [0.3, 0.4) is 0 Å². The molecule has 4 nitrogen and oxygen atoms in total. The molecule has 50 heavy (non-hydrogen) atoms.